The molecule has 6 aromatic carbocycles. The van der Waals surface area contributed by atoms with E-state index in [-0.39, 0.29) is 21.1 Å². The van der Waals surface area contributed by atoms with Crippen molar-refractivity contribution in [1.29, 1.82) is 0 Å². The maximum Gasteiger partial charge on any atom is 2.00 e. The minimum absolute atomic E-state index is 0. The number of imidazole rings is 1. The second kappa shape index (κ2) is 12.2. The van der Waals surface area contributed by atoms with Gasteiger partial charge in [0.2, 0.25) is 0 Å². The topological polar surface area (TPSA) is 35.6 Å². The number of benzene rings is 6. The fourth-order valence-electron chi connectivity index (χ4n) is 6.65. The van der Waals surface area contributed by atoms with Gasteiger partial charge in [0.05, 0.1) is 16.9 Å². The summed E-state index contributed by atoms with van der Waals surface area (Å²) in [5.41, 5.74) is 12.3. The smallest absolute Gasteiger partial charge is 0.367 e. The molecule has 0 N–H and O–H groups in total. The van der Waals surface area contributed by atoms with Crippen LogP contribution in [0.3, 0.4) is 0 Å². The molecule has 0 aliphatic carbocycles. The van der Waals surface area contributed by atoms with E-state index < -0.39 is 0 Å². The number of hydrogen-bond donors (Lipinski definition) is 0. The van der Waals surface area contributed by atoms with Gasteiger partial charge in [-0.2, -0.15) is 0 Å². The van der Waals surface area contributed by atoms with Crippen LogP contribution in [0.1, 0.15) is 0 Å². The molecule has 48 heavy (non-hydrogen) atoms. The van der Waals surface area contributed by atoms with Crippen molar-refractivity contribution in [1.82, 2.24) is 19.1 Å². The molecule has 9 aromatic rings. The van der Waals surface area contributed by atoms with Crippen LogP contribution in [-0.2, 0) is 28.1 Å². The van der Waals surface area contributed by atoms with E-state index in [1.54, 1.807) is 0 Å². The number of pyridine rings is 1. The first-order valence-corrected chi connectivity index (χ1v) is 15.7. The Morgan fingerprint density at radius 3 is 1.98 bits per heavy atom. The van der Waals surface area contributed by atoms with Crippen LogP contribution in [0, 0.1) is 12.1 Å². The van der Waals surface area contributed by atoms with Crippen molar-refractivity contribution < 1.29 is 21.1 Å². The van der Waals surface area contributed by atoms with Crippen molar-refractivity contribution >= 4 is 32.8 Å². The molecule has 0 saturated carbocycles. The normalized spacial score (nSPS) is 11.3. The minimum atomic E-state index is 0. The average molecular weight is 796 g/mol. The summed E-state index contributed by atoms with van der Waals surface area (Å²) in [5, 5.41) is 2.30. The molecule has 0 radical (unpaired) electrons. The number of rotatable bonds is 5. The Bertz CT molecular complexity index is 2570. The van der Waals surface area contributed by atoms with E-state index in [1.807, 2.05) is 18.3 Å². The van der Waals surface area contributed by atoms with E-state index in [9.17, 15) is 0 Å². The Morgan fingerprint density at radius 2 is 1.23 bits per heavy atom. The van der Waals surface area contributed by atoms with Crippen molar-refractivity contribution in [3.05, 3.63) is 164 Å². The maximum atomic E-state index is 5.00. The summed E-state index contributed by atoms with van der Waals surface area (Å²) in [6.07, 6.45) is 1.95. The first-order valence-electron chi connectivity index (χ1n) is 15.7. The molecule has 0 fully saturated rings. The SMILES string of the molecule is Cn1c(-c2[c-]c3c(cc2)c2ccccc2n3-c2[c-]c(-c3ccc(-c4ccccc4)cn3)ccc2-c2ccccc2)nc2ccccc21.[Pt+2]. The van der Waals surface area contributed by atoms with Gasteiger partial charge in [0.15, 0.2) is 0 Å². The van der Waals surface area contributed by atoms with E-state index >= 15 is 0 Å². The second-order valence-corrected chi connectivity index (χ2v) is 11.8. The molecule has 0 spiro atoms. The number of fused-ring (bicyclic) bond motifs is 4. The maximum absolute atomic E-state index is 5.00. The monoisotopic (exact) mass is 795 g/mol. The summed E-state index contributed by atoms with van der Waals surface area (Å²) in [4.78, 5) is 9.90. The standard InChI is InChI=1S/C43H28N4.Pt/c1-46-40-19-11-9-17-38(40)45-43(46)32-21-24-36-35-16-8-10-18-39(35)47(42(36)27-32)41-26-31(20-23-34(41)30-14-6-3-7-15-30)37-25-22-33(28-44-37)29-12-4-2-5-13-29;/h2-25,28H,1H3;/q-2;+2. The summed E-state index contributed by atoms with van der Waals surface area (Å²) < 4.78 is 4.45. The first kappa shape index (κ1) is 29.8. The fraction of sp³-hybridized carbons (Fsp3) is 0.0233. The molecule has 5 heteroatoms. The molecule has 0 atom stereocenters. The zero-order valence-electron chi connectivity index (χ0n) is 26.0. The Balaban J connectivity index is 0.00000336. The minimum Gasteiger partial charge on any atom is -0.367 e. The second-order valence-electron chi connectivity index (χ2n) is 11.8. The predicted octanol–water partition coefficient (Wildman–Crippen LogP) is 10.3. The van der Waals surface area contributed by atoms with Gasteiger partial charge in [-0.25, -0.2) is 0 Å². The predicted molar refractivity (Wildman–Crippen MR) is 192 cm³/mol. The molecule has 3 heterocycles. The van der Waals surface area contributed by atoms with E-state index in [2.05, 4.69) is 162 Å². The summed E-state index contributed by atoms with van der Waals surface area (Å²) in [6, 6.07) is 58.2. The Morgan fingerprint density at radius 1 is 0.542 bits per heavy atom. The van der Waals surface area contributed by atoms with Gasteiger partial charge in [-0.1, -0.05) is 120 Å². The van der Waals surface area contributed by atoms with Crippen molar-refractivity contribution in [3.63, 3.8) is 0 Å². The summed E-state index contributed by atoms with van der Waals surface area (Å²) >= 11 is 0. The van der Waals surface area contributed by atoms with Gasteiger partial charge in [0.1, 0.15) is 0 Å². The summed E-state index contributed by atoms with van der Waals surface area (Å²) in [7, 11) is 2.07. The van der Waals surface area contributed by atoms with E-state index in [4.69, 9.17) is 9.97 Å². The van der Waals surface area contributed by atoms with Crippen LogP contribution < -0.4 is 0 Å². The van der Waals surface area contributed by atoms with E-state index in [1.165, 1.54) is 5.39 Å². The molecule has 0 aliphatic rings. The molecule has 0 bridgehead atoms. The number of aryl methyl sites for hydroxylation is 1. The summed E-state index contributed by atoms with van der Waals surface area (Å²) in [6.45, 7) is 0. The Labute approximate surface area is 293 Å². The van der Waals surface area contributed by atoms with E-state index in [0.717, 1.165) is 78.0 Å². The third-order valence-corrected chi connectivity index (χ3v) is 8.99. The van der Waals surface area contributed by atoms with Crippen molar-refractivity contribution in [2.24, 2.45) is 7.05 Å². The first-order chi connectivity index (χ1) is 23.2. The summed E-state index contributed by atoms with van der Waals surface area (Å²) in [5.74, 6) is 0.883. The fourth-order valence-corrected chi connectivity index (χ4v) is 6.65. The molecular weight excluding hydrogens is 768 g/mol. The van der Waals surface area contributed by atoms with Crippen LogP contribution in [0.25, 0.3) is 83.4 Å². The van der Waals surface area contributed by atoms with Gasteiger partial charge in [-0.05, 0) is 51.6 Å². The van der Waals surface area contributed by atoms with Gasteiger partial charge in [-0.3, -0.25) is 4.98 Å². The van der Waals surface area contributed by atoms with Gasteiger partial charge in [0.25, 0.3) is 0 Å². The number of aromatic nitrogens is 4. The van der Waals surface area contributed by atoms with Crippen LogP contribution in [0.5, 0.6) is 0 Å². The number of para-hydroxylation sites is 3. The largest absolute Gasteiger partial charge is 2.00 e. The van der Waals surface area contributed by atoms with Crippen molar-refractivity contribution in [2.45, 2.75) is 0 Å². The van der Waals surface area contributed by atoms with Crippen LogP contribution in [-0.4, -0.2) is 19.1 Å². The van der Waals surface area contributed by atoms with E-state index in [0.29, 0.717) is 0 Å². The third kappa shape index (κ3) is 4.97. The molecule has 230 valence electrons. The van der Waals surface area contributed by atoms with Gasteiger partial charge in [-0.15, -0.1) is 47.5 Å². The van der Waals surface area contributed by atoms with Crippen molar-refractivity contribution in [2.75, 3.05) is 0 Å². The molecule has 0 saturated heterocycles. The molecular formula is C43H28N4Pt. The Kier molecular flexibility index (Phi) is 7.59. The molecule has 0 aliphatic heterocycles. The molecule has 3 aromatic heterocycles. The molecule has 0 unspecified atom stereocenters. The molecule has 9 rings (SSSR count). The quantitative estimate of drug-likeness (QED) is 0.163. The van der Waals surface area contributed by atoms with Crippen LogP contribution >= 0.6 is 0 Å². The Hall–Kier alpha value is -5.57. The number of hydrogen-bond acceptors (Lipinski definition) is 2. The number of nitrogens with zero attached hydrogens (tertiary/aromatic N) is 4. The van der Waals surface area contributed by atoms with Crippen molar-refractivity contribution in [3.8, 4) is 50.6 Å². The zero-order chi connectivity index (χ0) is 31.3. The molecule has 0 amide bonds. The average Bonchev–Trinajstić information content (AvgIpc) is 3.66. The molecule has 4 nitrogen and oxygen atoms in total. The van der Waals surface area contributed by atoms with Crippen LogP contribution in [0.2, 0.25) is 0 Å². The van der Waals surface area contributed by atoms with Crippen LogP contribution in [0.4, 0.5) is 0 Å². The van der Waals surface area contributed by atoms with Gasteiger partial charge < -0.3 is 14.1 Å². The van der Waals surface area contributed by atoms with Gasteiger partial charge >= 0.3 is 21.1 Å². The van der Waals surface area contributed by atoms with Crippen LogP contribution in [0.15, 0.2) is 152 Å². The third-order valence-electron chi connectivity index (χ3n) is 8.99. The van der Waals surface area contributed by atoms with Gasteiger partial charge in [0, 0.05) is 18.8 Å². The zero-order valence-corrected chi connectivity index (χ0v) is 28.3.